The highest BCUT2D eigenvalue weighted by Crippen LogP contribution is 2.09. The number of ether oxygens (including phenoxy) is 1. The zero-order valence-electron chi connectivity index (χ0n) is 16.2. The summed E-state index contributed by atoms with van der Waals surface area (Å²) in [4.78, 5) is 12.3. The number of benzene rings is 1. The number of likely N-dealkylation sites (N-methyl/N-ethyl adjacent to an activating group) is 1. The average Bonchev–Trinajstić information content (AvgIpc) is 2.53. The molecular formula is C21H32BrNO2. The quantitative estimate of drug-likeness (QED) is 0.485. The fourth-order valence-electron chi connectivity index (χ4n) is 2.27. The van der Waals surface area contributed by atoms with E-state index in [2.05, 4.69) is 39.0 Å². The number of nitrogens with zero attached hydrogens (tertiary/aromatic N) is 1. The van der Waals surface area contributed by atoms with Crippen molar-refractivity contribution in [1.82, 2.24) is 0 Å². The van der Waals surface area contributed by atoms with E-state index in [9.17, 15) is 4.79 Å². The Balaban J connectivity index is 0.00000576. The van der Waals surface area contributed by atoms with Crippen molar-refractivity contribution in [2.45, 2.75) is 40.0 Å². The molecule has 0 unspecified atom stereocenters. The summed E-state index contributed by atoms with van der Waals surface area (Å²) in [6.45, 7) is 7.38. The van der Waals surface area contributed by atoms with E-state index in [1.807, 2.05) is 38.4 Å². The van der Waals surface area contributed by atoms with Gasteiger partial charge in [0.05, 0.1) is 20.6 Å². The Labute approximate surface area is 163 Å². The third-order valence-corrected chi connectivity index (χ3v) is 4.03. The van der Waals surface area contributed by atoms with Crippen LogP contribution < -0.4 is 17.0 Å². The van der Waals surface area contributed by atoms with Gasteiger partial charge in [-0.2, -0.15) is 4.79 Å². The molecule has 140 valence electrons. The molecule has 0 fully saturated rings. The van der Waals surface area contributed by atoms with Gasteiger partial charge in [0.15, 0.2) is 0 Å². The van der Waals surface area contributed by atoms with Gasteiger partial charge in [0.1, 0.15) is 6.61 Å². The fraction of sp³-hybridized carbons (Fsp3) is 0.476. The summed E-state index contributed by atoms with van der Waals surface area (Å²) in [5.74, 6) is 0. The smallest absolute Gasteiger partial charge is 0.515 e. The van der Waals surface area contributed by atoms with Gasteiger partial charge >= 0.3 is 6.09 Å². The Morgan fingerprint density at radius 1 is 1.08 bits per heavy atom. The van der Waals surface area contributed by atoms with Gasteiger partial charge < -0.3 is 21.7 Å². The van der Waals surface area contributed by atoms with Crippen molar-refractivity contribution in [1.29, 1.82) is 0 Å². The summed E-state index contributed by atoms with van der Waals surface area (Å²) in [6.07, 6.45) is 6.97. The van der Waals surface area contributed by atoms with Crippen molar-refractivity contribution in [3.63, 3.8) is 0 Å². The predicted octanol–water partition coefficient (Wildman–Crippen LogP) is 2.14. The molecule has 0 aromatic heterocycles. The Hall–Kier alpha value is -1.39. The zero-order chi connectivity index (χ0) is 18.0. The van der Waals surface area contributed by atoms with Crippen molar-refractivity contribution < 1.29 is 31.0 Å². The van der Waals surface area contributed by atoms with Crippen LogP contribution in [0.25, 0.3) is 0 Å². The van der Waals surface area contributed by atoms with E-state index in [1.165, 1.54) is 16.7 Å². The number of allylic oxidation sites excluding steroid dienone is 3. The molecule has 0 aliphatic carbocycles. The molecular weight excluding hydrogens is 378 g/mol. The number of amides is 1. The molecule has 1 aromatic carbocycles. The topological polar surface area (TPSA) is 26.3 Å². The summed E-state index contributed by atoms with van der Waals surface area (Å²) in [7, 11) is 3.80. The van der Waals surface area contributed by atoms with E-state index in [-0.39, 0.29) is 27.6 Å². The second-order valence-electron chi connectivity index (χ2n) is 7.09. The van der Waals surface area contributed by atoms with Crippen LogP contribution in [-0.2, 0) is 11.2 Å². The number of carbonyl (C=O) groups excluding carboxylic acids is 1. The number of carbonyl (C=O) groups is 1. The molecule has 0 saturated carbocycles. The number of halogens is 1. The minimum absolute atomic E-state index is 0. The maximum absolute atomic E-state index is 12.3. The molecule has 1 aromatic rings. The van der Waals surface area contributed by atoms with Crippen molar-refractivity contribution >= 4 is 6.09 Å². The Morgan fingerprint density at radius 2 is 1.72 bits per heavy atom. The number of rotatable bonds is 8. The van der Waals surface area contributed by atoms with E-state index >= 15 is 0 Å². The van der Waals surface area contributed by atoms with E-state index in [0.29, 0.717) is 6.61 Å². The van der Waals surface area contributed by atoms with Crippen LogP contribution in [0, 0.1) is 0 Å². The molecule has 1 rings (SSSR count). The minimum atomic E-state index is -0.181. The van der Waals surface area contributed by atoms with Crippen LogP contribution in [0.3, 0.4) is 0 Å². The molecule has 4 heteroatoms. The first kappa shape index (κ1) is 23.6. The normalized spacial score (nSPS) is 11.5. The molecule has 25 heavy (non-hydrogen) atoms. The molecule has 0 saturated heterocycles. The molecule has 1 amide bonds. The summed E-state index contributed by atoms with van der Waals surface area (Å²) >= 11 is 0. The molecule has 0 aliphatic heterocycles. The van der Waals surface area contributed by atoms with Gasteiger partial charge in [-0.25, -0.2) is 4.48 Å². The van der Waals surface area contributed by atoms with Crippen LogP contribution in [-0.4, -0.2) is 37.8 Å². The third kappa shape index (κ3) is 10.3. The Morgan fingerprint density at radius 3 is 2.32 bits per heavy atom. The maximum Gasteiger partial charge on any atom is 0.515 e. The van der Waals surface area contributed by atoms with Crippen LogP contribution in [0.2, 0.25) is 0 Å². The highest BCUT2D eigenvalue weighted by atomic mass is 79.9. The van der Waals surface area contributed by atoms with Gasteiger partial charge in [-0.15, -0.1) is 0 Å². The van der Waals surface area contributed by atoms with Crippen LogP contribution in [0.4, 0.5) is 4.79 Å². The second kappa shape index (κ2) is 12.0. The minimum Gasteiger partial charge on any atom is -1.00 e. The summed E-state index contributed by atoms with van der Waals surface area (Å²) < 4.78 is 5.67. The van der Waals surface area contributed by atoms with Crippen LogP contribution in [0.15, 0.2) is 53.6 Å². The first-order valence-corrected chi connectivity index (χ1v) is 8.64. The molecule has 0 heterocycles. The molecule has 0 radical (unpaired) electrons. The molecule has 0 bridgehead atoms. The van der Waals surface area contributed by atoms with Crippen LogP contribution in [0.1, 0.15) is 39.2 Å². The molecule has 0 N–H and O–H groups in total. The average molecular weight is 410 g/mol. The lowest BCUT2D eigenvalue weighted by molar-refractivity contribution is -0.816. The van der Waals surface area contributed by atoms with Gasteiger partial charge in [-0.05, 0) is 45.3 Å². The van der Waals surface area contributed by atoms with Crippen molar-refractivity contribution in [2.75, 3.05) is 27.2 Å². The summed E-state index contributed by atoms with van der Waals surface area (Å²) in [6, 6.07) is 10.2. The first-order valence-electron chi connectivity index (χ1n) is 8.64. The van der Waals surface area contributed by atoms with Crippen molar-refractivity contribution in [2.24, 2.45) is 0 Å². The van der Waals surface area contributed by atoms with Crippen LogP contribution in [0.5, 0.6) is 0 Å². The summed E-state index contributed by atoms with van der Waals surface area (Å²) in [5.41, 5.74) is 3.84. The molecule has 0 atom stereocenters. The maximum atomic E-state index is 12.3. The van der Waals surface area contributed by atoms with Crippen LogP contribution >= 0.6 is 0 Å². The van der Waals surface area contributed by atoms with E-state index < -0.39 is 0 Å². The van der Waals surface area contributed by atoms with Gasteiger partial charge in [-0.3, -0.25) is 0 Å². The lowest BCUT2D eigenvalue weighted by Crippen LogP contribution is -3.00. The van der Waals surface area contributed by atoms with Gasteiger partial charge in [0.2, 0.25) is 0 Å². The van der Waals surface area contributed by atoms with E-state index in [4.69, 9.17) is 4.74 Å². The van der Waals surface area contributed by atoms with E-state index in [1.54, 1.807) is 0 Å². The highest BCUT2D eigenvalue weighted by molar-refractivity contribution is 5.59. The predicted molar refractivity (Wildman–Crippen MR) is 101 cm³/mol. The van der Waals surface area contributed by atoms with Crippen molar-refractivity contribution in [3.8, 4) is 0 Å². The van der Waals surface area contributed by atoms with Gasteiger partial charge in [0, 0.05) is 6.42 Å². The molecule has 0 spiro atoms. The SMILES string of the molecule is CC(C)=CCC/C(C)=C/COC(=O)[N+](C)(C)CCc1ccccc1.[Br-]. The zero-order valence-corrected chi connectivity index (χ0v) is 17.8. The highest BCUT2D eigenvalue weighted by Gasteiger charge is 2.27. The van der Waals surface area contributed by atoms with Crippen molar-refractivity contribution in [3.05, 3.63) is 59.2 Å². The number of hydrogen-bond acceptors (Lipinski definition) is 2. The first-order chi connectivity index (χ1) is 11.3. The number of hydrogen-bond donors (Lipinski definition) is 0. The lowest BCUT2D eigenvalue weighted by atomic mass is 10.1. The fourth-order valence-corrected chi connectivity index (χ4v) is 2.27. The lowest BCUT2D eigenvalue weighted by Gasteiger charge is -2.25. The molecule has 3 nitrogen and oxygen atoms in total. The van der Waals surface area contributed by atoms with Gasteiger partial charge in [0.25, 0.3) is 0 Å². The number of quaternary nitrogens is 1. The third-order valence-electron chi connectivity index (χ3n) is 4.03. The Bertz CT molecular complexity index is 573. The van der Waals surface area contributed by atoms with E-state index in [0.717, 1.165) is 25.8 Å². The Kier molecular flexibility index (Phi) is 11.4. The molecule has 0 aliphatic rings. The second-order valence-corrected chi connectivity index (χ2v) is 7.09. The summed E-state index contributed by atoms with van der Waals surface area (Å²) in [5, 5.41) is 0. The monoisotopic (exact) mass is 409 g/mol. The van der Waals surface area contributed by atoms with Gasteiger partial charge in [-0.1, -0.05) is 47.6 Å². The largest absolute Gasteiger partial charge is 1.00 e. The standard InChI is InChI=1S/C21H32NO2.BrH/c1-18(2)10-9-11-19(3)15-17-24-21(23)22(4,5)16-14-20-12-7-6-8-13-20;/h6-8,10,12-13,15H,9,11,14,16-17H2,1-5H3;1H/q+1;/p-1/b19-15+;.